The topological polar surface area (TPSA) is 97.7 Å². The Kier molecular flexibility index (Phi) is 5.20. The first-order valence-electron chi connectivity index (χ1n) is 3.11. The molecule has 1 aromatic carbocycles. The van der Waals surface area contributed by atoms with E-state index >= 15 is 0 Å². The molecule has 2 N–H and O–H groups in total. The van der Waals surface area contributed by atoms with Crippen molar-refractivity contribution in [3.63, 3.8) is 0 Å². The Bertz CT molecular complexity index is 461. The minimum absolute atomic E-state index is 0. The van der Waals surface area contributed by atoms with Gasteiger partial charge in [0.1, 0.15) is 15.0 Å². The molecule has 78 valence electrons. The number of hydrogen-bond acceptors (Lipinski definition) is 5. The number of rotatable bonds is 1. The molecular formula is C6H3Cl2NaO5S. The van der Waals surface area contributed by atoms with Crippen LogP contribution in [0.15, 0.2) is 11.0 Å². The van der Waals surface area contributed by atoms with Crippen LogP contribution < -0.4 is 29.6 Å². The Morgan fingerprint density at radius 2 is 1.47 bits per heavy atom. The van der Waals surface area contributed by atoms with E-state index in [0.717, 1.165) is 6.07 Å². The number of benzene rings is 1. The van der Waals surface area contributed by atoms with Gasteiger partial charge in [-0.25, -0.2) is 8.42 Å². The molecule has 0 aromatic heterocycles. The van der Waals surface area contributed by atoms with Crippen molar-refractivity contribution in [3.05, 3.63) is 16.1 Å². The minimum atomic E-state index is -5.03. The van der Waals surface area contributed by atoms with E-state index in [-0.39, 0.29) is 29.6 Å². The second-order valence-corrected chi connectivity index (χ2v) is 4.45. The van der Waals surface area contributed by atoms with E-state index in [0.29, 0.717) is 0 Å². The summed E-state index contributed by atoms with van der Waals surface area (Å²) in [5.41, 5.74) is 0. The van der Waals surface area contributed by atoms with Gasteiger partial charge in [0.2, 0.25) is 0 Å². The fourth-order valence-electron chi connectivity index (χ4n) is 0.814. The fourth-order valence-corrected chi connectivity index (χ4v) is 2.08. The third-order valence-corrected chi connectivity index (χ3v) is 2.85. The molecule has 0 fully saturated rings. The first kappa shape index (κ1) is 15.3. The van der Waals surface area contributed by atoms with Gasteiger partial charge >= 0.3 is 29.6 Å². The average Bonchev–Trinajstić information content (AvgIpc) is 1.98. The van der Waals surface area contributed by atoms with Gasteiger partial charge in [-0.05, 0) is 6.07 Å². The molecule has 5 nitrogen and oxygen atoms in total. The standard InChI is InChI=1S/C6H4Cl2O5S.Na/c7-2-1-3(8)5(10)6(4(2)9)14(11,12)13;/h1,9-10H,(H,11,12,13);/q;+1/p-1. The number of halogens is 2. The zero-order chi connectivity index (χ0) is 11.1. The van der Waals surface area contributed by atoms with E-state index < -0.39 is 36.6 Å². The van der Waals surface area contributed by atoms with E-state index in [1.165, 1.54) is 0 Å². The van der Waals surface area contributed by atoms with Crippen molar-refractivity contribution < 1.29 is 52.7 Å². The van der Waals surface area contributed by atoms with Crippen LogP contribution >= 0.6 is 23.2 Å². The van der Waals surface area contributed by atoms with Crippen LogP contribution in [0.3, 0.4) is 0 Å². The van der Waals surface area contributed by atoms with Crippen LogP contribution in [0.5, 0.6) is 11.5 Å². The Balaban J connectivity index is 0.00000196. The summed E-state index contributed by atoms with van der Waals surface area (Å²) >= 11 is 10.7. The van der Waals surface area contributed by atoms with Gasteiger partial charge < -0.3 is 14.8 Å². The normalized spacial score (nSPS) is 10.9. The van der Waals surface area contributed by atoms with E-state index in [9.17, 15) is 13.0 Å². The van der Waals surface area contributed by atoms with Crippen molar-refractivity contribution in [1.82, 2.24) is 0 Å². The molecule has 1 aromatic rings. The Morgan fingerprint density at radius 3 is 1.73 bits per heavy atom. The molecule has 0 radical (unpaired) electrons. The number of phenols is 2. The zero-order valence-electron chi connectivity index (χ0n) is 7.36. The van der Waals surface area contributed by atoms with Crippen LogP contribution in [0, 0.1) is 0 Å². The molecule has 0 amide bonds. The Hall–Kier alpha value is 0.310. The van der Waals surface area contributed by atoms with E-state index in [2.05, 4.69) is 0 Å². The largest absolute Gasteiger partial charge is 1.00 e. The number of phenolic OH excluding ortho intramolecular Hbond substituents is 2. The zero-order valence-corrected chi connectivity index (χ0v) is 11.7. The SMILES string of the molecule is O=S(=O)([O-])c1c(O)c(Cl)cc(Cl)c1O.[Na+]. The summed E-state index contributed by atoms with van der Waals surface area (Å²) in [5, 5.41) is 17.4. The summed E-state index contributed by atoms with van der Waals surface area (Å²) < 4.78 is 31.8. The molecule has 0 aliphatic rings. The predicted octanol–water partition coefficient (Wildman–Crippen LogP) is -1.69. The van der Waals surface area contributed by atoms with Crippen molar-refractivity contribution in [2.45, 2.75) is 4.90 Å². The summed E-state index contributed by atoms with van der Waals surface area (Å²) in [4.78, 5) is -1.21. The molecule has 0 unspecified atom stereocenters. The van der Waals surface area contributed by atoms with Crippen LogP contribution in [0.1, 0.15) is 0 Å². The van der Waals surface area contributed by atoms with Gasteiger partial charge in [0, 0.05) is 0 Å². The maximum absolute atomic E-state index is 10.6. The number of hydrogen-bond donors (Lipinski definition) is 2. The molecule has 1 rings (SSSR count). The molecule has 0 saturated heterocycles. The molecule has 0 atom stereocenters. The van der Waals surface area contributed by atoms with Crippen LogP contribution in [0.25, 0.3) is 0 Å². The Morgan fingerprint density at radius 1 is 1.13 bits per heavy atom. The minimum Gasteiger partial charge on any atom is -0.744 e. The van der Waals surface area contributed by atoms with Crippen LogP contribution in [0.2, 0.25) is 10.0 Å². The molecule has 0 heterocycles. The summed E-state index contributed by atoms with van der Waals surface area (Å²) in [5.74, 6) is -2.02. The second-order valence-electron chi connectivity index (χ2n) is 2.32. The molecule has 0 saturated carbocycles. The van der Waals surface area contributed by atoms with E-state index in [4.69, 9.17) is 33.4 Å². The summed E-state index contributed by atoms with van der Waals surface area (Å²) in [7, 11) is -5.03. The van der Waals surface area contributed by atoms with Gasteiger partial charge in [-0.2, -0.15) is 0 Å². The van der Waals surface area contributed by atoms with Gasteiger partial charge in [-0.15, -0.1) is 0 Å². The van der Waals surface area contributed by atoms with Gasteiger partial charge in [-0.1, -0.05) is 23.2 Å². The molecule has 0 spiro atoms. The first-order chi connectivity index (χ1) is 6.25. The van der Waals surface area contributed by atoms with Crippen LogP contribution in [0.4, 0.5) is 0 Å². The third kappa shape index (κ3) is 3.13. The molecule has 15 heavy (non-hydrogen) atoms. The molecule has 9 heteroatoms. The molecule has 0 aliphatic carbocycles. The number of aromatic hydroxyl groups is 2. The smallest absolute Gasteiger partial charge is 0.744 e. The predicted molar refractivity (Wildman–Crippen MR) is 47.8 cm³/mol. The van der Waals surface area contributed by atoms with Crippen molar-refractivity contribution in [3.8, 4) is 11.5 Å². The van der Waals surface area contributed by atoms with Crippen molar-refractivity contribution in [2.24, 2.45) is 0 Å². The van der Waals surface area contributed by atoms with Gasteiger partial charge in [0.25, 0.3) is 0 Å². The maximum atomic E-state index is 10.6. The summed E-state index contributed by atoms with van der Waals surface area (Å²) in [6, 6.07) is 0.919. The van der Waals surface area contributed by atoms with Crippen molar-refractivity contribution in [2.75, 3.05) is 0 Å². The van der Waals surface area contributed by atoms with E-state index in [1.807, 2.05) is 0 Å². The Labute approximate surface area is 118 Å². The first-order valence-corrected chi connectivity index (χ1v) is 5.27. The maximum Gasteiger partial charge on any atom is 1.00 e. The van der Waals surface area contributed by atoms with Crippen molar-refractivity contribution >= 4 is 33.3 Å². The van der Waals surface area contributed by atoms with Gasteiger partial charge in [-0.3, -0.25) is 0 Å². The summed E-state index contributed by atoms with van der Waals surface area (Å²) in [6.45, 7) is 0. The monoisotopic (exact) mass is 280 g/mol. The quantitative estimate of drug-likeness (QED) is 0.473. The van der Waals surface area contributed by atoms with E-state index in [1.54, 1.807) is 0 Å². The average molecular weight is 281 g/mol. The van der Waals surface area contributed by atoms with Gasteiger partial charge in [0.15, 0.2) is 11.5 Å². The summed E-state index contributed by atoms with van der Waals surface area (Å²) in [6.07, 6.45) is 0. The van der Waals surface area contributed by atoms with Gasteiger partial charge in [0.05, 0.1) is 10.0 Å². The molecular weight excluding hydrogens is 278 g/mol. The fraction of sp³-hybridized carbons (Fsp3) is 0. The molecule has 0 bridgehead atoms. The van der Waals surface area contributed by atoms with Crippen LogP contribution in [-0.4, -0.2) is 23.2 Å². The van der Waals surface area contributed by atoms with Crippen molar-refractivity contribution in [1.29, 1.82) is 0 Å². The third-order valence-electron chi connectivity index (χ3n) is 1.39. The second kappa shape index (κ2) is 5.09. The molecule has 0 aliphatic heterocycles. The van der Waals surface area contributed by atoms with Crippen LogP contribution in [-0.2, 0) is 10.1 Å².